The van der Waals surface area contributed by atoms with E-state index in [0.717, 1.165) is 23.6 Å². The van der Waals surface area contributed by atoms with Crippen LogP contribution in [0.15, 0.2) is 18.3 Å². The molecule has 0 amide bonds. The van der Waals surface area contributed by atoms with Gasteiger partial charge in [0, 0.05) is 25.8 Å². The molecule has 1 heterocycles. The van der Waals surface area contributed by atoms with E-state index in [4.69, 9.17) is 0 Å². The van der Waals surface area contributed by atoms with E-state index >= 15 is 0 Å². The molecule has 4 unspecified atom stereocenters. The summed E-state index contributed by atoms with van der Waals surface area (Å²) in [6, 6.07) is 4.72. The smallest absolute Gasteiger partial charge is 0.128 e. The average Bonchev–Trinajstić information content (AvgIpc) is 3.09. The second-order valence-corrected chi connectivity index (χ2v) is 6.77. The van der Waals surface area contributed by atoms with Crippen molar-refractivity contribution < 1.29 is 0 Å². The number of rotatable bonds is 5. The molecule has 2 saturated carbocycles. The van der Waals surface area contributed by atoms with Gasteiger partial charge in [-0.25, -0.2) is 4.98 Å². The maximum absolute atomic E-state index is 4.56. The lowest BCUT2D eigenvalue weighted by Gasteiger charge is -2.28. The summed E-state index contributed by atoms with van der Waals surface area (Å²) < 4.78 is 0. The van der Waals surface area contributed by atoms with Crippen molar-refractivity contribution in [3.05, 3.63) is 23.9 Å². The quantitative estimate of drug-likeness (QED) is 0.892. The Labute approximate surface area is 122 Å². The number of nitrogens with one attached hydrogen (secondary N) is 1. The Balaban J connectivity index is 1.66. The number of nitrogens with zero attached hydrogens (tertiary/aromatic N) is 2. The monoisotopic (exact) mass is 273 g/mol. The molecule has 0 radical (unpaired) electrons. The van der Waals surface area contributed by atoms with Crippen molar-refractivity contribution in [3.8, 4) is 0 Å². The number of hydrogen-bond acceptors (Lipinski definition) is 3. The van der Waals surface area contributed by atoms with Gasteiger partial charge < -0.3 is 10.2 Å². The molecule has 0 saturated heterocycles. The summed E-state index contributed by atoms with van der Waals surface area (Å²) in [5.41, 5.74) is 1.32. The van der Waals surface area contributed by atoms with Crippen molar-refractivity contribution >= 4 is 5.82 Å². The summed E-state index contributed by atoms with van der Waals surface area (Å²) in [6.07, 6.45) is 7.83. The van der Waals surface area contributed by atoms with Crippen LogP contribution in [-0.2, 0) is 0 Å². The molecule has 2 aliphatic carbocycles. The number of fused-ring (bicyclic) bond motifs is 2. The molecule has 1 aromatic heterocycles. The maximum Gasteiger partial charge on any atom is 0.128 e. The molecular formula is C17H27N3. The molecule has 0 aromatic carbocycles. The average molecular weight is 273 g/mol. The molecule has 1 aromatic rings. The Bertz CT molecular complexity index is 459. The highest BCUT2D eigenvalue weighted by molar-refractivity contribution is 5.41. The van der Waals surface area contributed by atoms with Crippen LogP contribution in [0.25, 0.3) is 0 Å². The Morgan fingerprint density at radius 2 is 2.25 bits per heavy atom. The van der Waals surface area contributed by atoms with E-state index < -0.39 is 0 Å². The Morgan fingerprint density at radius 3 is 2.90 bits per heavy atom. The number of hydrogen-bond donors (Lipinski definition) is 1. The summed E-state index contributed by atoms with van der Waals surface area (Å²) in [5, 5.41) is 3.30. The first-order valence-electron chi connectivity index (χ1n) is 8.01. The first-order valence-corrected chi connectivity index (χ1v) is 8.01. The van der Waals surface area contributed by atoms with Crippen molar-refractivity contribution in [3.63, 3.8) is 0 Å². The lowest BCUT2D eigenvalue weighted by atomic mass is 9.88. The molecule has 0 spiro atoms. The van der Waals surface area contributed by atoms with Gasteiger partial charge in [0.25, 0.3) is 0 Å². The van der Waals surface area contributed by atoms with Crippen LogP contribution in [0, 0.1) is 17.8 Å². The predicted octanol–water partition coefficient (Wildman–Crippen LogP) is 3.23. The van der Waals surface area contributed by atoms with E-state index in [-0.39, 0.29) is 0 Å². The minimum atomic E-state index is 0.382. The Morgan fingerprint density at radius 1 is 1.40 bits per heavy atom. The molecule has 4 atom stereocenters. The van der Waals surface area contributed by atoms with Crippen LogP contribution in [0.1, 0.15) is 44.2 Å². The summed E-state index contributed by atoms with van der Waals surface area (Å²) in [4.78, 5) is 6.92. The molecule has 20 heavy (non-hydrogen) atoms. The SMILES string of the molecule is CNC(C)c1ccnc(N(C)CC2CC3CCC2C3)c1. The molecule has 2 fully saturated rings. The van der Waals surface area contributed by atoms with Gasteiger partial charge in [0.05, 0.1) is 0 Å². The lowest BCUT2D eigenvalue weighted by molar-refractivity contribution is 0.337. The van der Waals surface area contributed by atoms with Gasteiger partial charge in [-0.3, -0.25) is 0 Å². The third-order valence-electron chi connectivity index (χ3n) is 5.49. The zero-order valence-electron chi connectivity index (χ0n) is 13.0. The maximum atomic E-state index is 4.56. The second kappa shape index (κ2) is 5.72. The molecule has 2 bridgehead atoms. The molecule has 2 aliphatic rings. The van der Waals surface area contributed by atoms with Crippen molar-refractivity contribution in [1.29, 1.82) is 0 Å². The van der Waals surface area contributed by atoms with Gasteiger partial charge in [-0.05, 0) is 68.7 Å². The molecule has 110 valence electrons. The van der Waals surface area contributed by atoms with Gasteiger partial charge in [0.1, 0.15) is 5.82 Å². The minimum absolute atomic E-state index is 0.382. The third-order valence-corrected chi connectivity index (χ3v) is 5.49. The van der Waals surface area contributed by atoms with Gasteiger partial charge in [-0.15, -0.1) is 0 Å². The van der Waals surface area contributed by atoms with Crippen LogP contribution in [0.3, 0.4) is 0 Å². The highest BCUT2D eigenvalue weighted by Crippen LogP contribution is 2.48. The fraction of sp³-hybridized carbons (Fsp3) is 0.706. The van der Waals surface area contributed by atoms with Gasteiger partial charge in [-0.1, -0.05) is 6.42 Å². The predicted molar refractivity (Wildman–Crippen MR) is 83.9 cm³/mol. The number of pyridine rings is 1. The van der Waals surface area contributed by atoms with E-state index in [1.54, 1.807) is 0 Å². The third kappa shape index (κ3) is 2.69. The van der Waals surface area contributed by atoms with Crippen LogP contribution in [0.5, 0.6) is 0 Å². The van der Waals surface area contributed by atoms with E-state index in [0.29, 0.717) is 6.04 Å². The summed E-state index contributed by atoms with van der Waals surface area (Å²) in [7, 11) is 4.20. The van der Waals surface area contributed by atoms with E-state index in [1.807, 2.05) is 13.2 Å². The number of aromatic nitrogens is 1. The van der Waals surface area contributed by atoms with Crippen LogP contribution in [-0.4, -0.2) is 25.6 Å². The first kappa shape index (κ1) is 13.9. The van der Waals surface area contributed by atoms with Crippen molar-refractivity contribution in [2.24, 2.45) is 17.8 Å². The van der Waals surface area contributed by atoms with Crippen LogP contribution in [0.4, 0.5) is 5.82 Å². The standard InChI is InChI=1S/C17H27N3/c1-12(18-2)14-6-7-19-17(10-14)20(3)11-16-9-13-4-5-15(16)8-13/h6-7,10,12-13,15-16,18H,4-5,8-9,11H2,1-3H3. The zero-order valence-corrected chi connectivity index (χ0v) is 13.0. The highest BCUT2D eigenvalue weighted by Gasteiger charge is 2.39. The molecule has 3 rings (SSSR count). The van der Waals surface area contributed by atoms with Crippen LogP contribution in [0.2, 0.25) is 0 Å². The van der Waals surface area contributed by atoms with Gasteiger partial charge >= 0.3 is 0 Å². The molecule has 3 nitrogen and oxygen atoms in total. The molecule has 3 heteroatoms. The van der Waals surface area contributed by atoms with Crippen molar-refractivity contribution in [1.82, 2.24) is 10.3 Å². The van der Waals surface area contributed by atoms with Crippen molar-refractivity contribution in [2.45, 2.75) is 38.6 Å². The largest absolute Gasteiger partial charge is 0.359 e. The van der Waals surface area contributed by atoms with Gasteiger partial charge in [0.15, 0.2) is 0 Å². The molecule has 1 N–H and O–H groups in total. The van der Waals surface area contributed by atoms with Crippen LogP contribution < -0.4 is 10.2 Å². The first-order chi connectivity index (χ1) is 9.67. The molecule has 0 aliphatic heterocycles. The summed E-state index contributed by atoms with van der Waals surface area (Å²) >= 11 is 0. The number of anilines is 1. The van der Waals surface area contributed by atoms with E-state index in [2.05, 4.69) is 41.3 Å². The van der Waals surface area contributed by atoms with Gasteiger partial charge in [0.2, 0.25) is 0 Å². The fourth-order valence-electron chi connectivity index (χ4n) is 4.12. The lowest BCUT2D eigenvalue weighted by Crippen LogP contribution is -2.29. The topological polar surface area (TPSA) is 28.2 Å². The summed E-state index contributed by atoms with van der Waals surface area (Å²) in [6.45, 7) is 3.36. The summed E-state index contributed by atoms with van der Waals surface area (Å²) in [5.74, 6) is 4.03. The van der Waals surface area contributed by atoms with Crippen LogP contribution >= 0.6 is 0 Å². The van der Waals surface area contributed by atoms with E-state index in [1.165, 1.54) is 37.8 Å². The Hall–Kier alpha value is -1.09. The zero-order chi connectivity index (χ0) is 14.1. The Kier molecular flexibility index (Phi) is 3.97. The second-order valence-electron chi connectivity index (χ2n) is 6.77. The van der Waals surface area contributed by atoms with E-state index in [9.17, 15) is 0 Å². The fourth-order valence-corrected chi connectivity index (χ4v) is 4.12. The molecular weight excluding hydrogens is 246 g/mol. The highest BCUT2D eigenvalue weighted by atomic mass is 15.2. The van der Waals surface area contributed by atoms with Gasteiger partial charge in [-0.2, -0.15) is 0 Å². The normalized spacial score (nSPS) is 29.6. The minimum Gasteiger partial charge on any atom is -0.359 e. The van der Waals surface area contributed by atoms with Crippen molar-refractivity contribution in [2.75, 3.05) is 25.5 Å².